The predicted octanol–water partition coefficient (Wildman–Crippen LogP) is 9.93. The Labute approximate surface area is 250 Å². The first kappa shape index (κ1) is 27.7. The Hall–Kier alpha value is -2.41. The van der Waals surface area contributed by atoms with E-state index in [-0.39, 0.29) is 17.5 Å². The molecule has 0 radical (unpaired) electrons. The van der Waals surface area contributed by atoms with Gasteiger partial charge in [0.1, 0.15) is 6.10 Å². The Morgan fingerprint density at radius 2 is 1.40 bits per heavy atom. The molecule has 5 atom stereocenters. The van der Waals surface area contributed by atoms with Gasteiger partial charge in [-0.3, -0.25) is 0 Å². The van der Waals surface area contributed by atoms with Crippen LogP contribution < -0.4 is 0 Å². The van der Waals surface area contributed by atoms with Crippen molar-refractivity contribution in [1.29, 1.82) is 0 Å². The van der Waals surface area contributed by atoms with Gasteiger partial charge >= 0.3 is 0 Å². The van der Waals surface area contributed by atoms with E-state index in [0.717, 1.165) is 12.8 Å². The molecular weight excluding hydrogens is 549 g/mol. The second-order valence-electron chi connectivity index (χ2n) is 10.7. The van der Waals surface area contributed by atoms with Crippen LogP contribution in [0.4, 0.5) is 0 Å². The summed E-state index contributed by atoms with van der Waals surface area (Å²) < 4.78 is 15.0. The van der Waals surface area contributed by atoms with E-state index in [9.17, 15) is 0 Å². The minimum atomic E-state index is -0.0472. The van der Waals surface area contributed by atoms with Gasteiger partial charge in [0.2, 0.25) is 0 Å². The second kappa shape index (κ2) is 13.1. The normalized spacial score (nSPS) is 23.0. The van der Waals surface area contributed by atoms with Gasteiger partial charge in [0, 0.05) is 21.9 Å². The summed E-state index contributed by atoms with van der Waals surface area (Å²) in [6, 6.07) is 34.9. The Balaban J connectivity index is 1.29. The fourth-order valence-corrected chi connectivity index (χ4v) is 9.61. The molecule has 0 N–H and O–H groups in total. The van der Waals surface area contributed by atoms with Crippen LogP contribution in [0.1, 0.15) is 52.6 Å². The molecule has 1 fully saturated rings. The van der Waals surface area contributed by atoms with Gasteiger partial charge < -0.3 is 9.47 Å². The van der Waals surface area contributed by atoms with Crippen molar-refractivity contribution >= 4 is 43.8 Å². The average Bonchev–Trinajstić information content (AvgIpc) is 3.59. The maximum Gasteiger partial charge on any atom is 0.100 e. The van der Waals surface area contributed by atoms with Crippen molar-refractivity contribution in [3.63, 3.8) is 0 Å². The highest BCUT2D eigenvalue weighted by Crippen LogP contribution is 2.49. The van der Waals surface area contributed by atoms with E-state index in [4.69, 9.17) is 9.47 Å². The topological polar surface area (TPSA) is 18.5 Å². The molecule has 0 spiro atoms. The third-order valence-corrected chi connectivity index (χ3v) is 12.0. The van der Waals surface area contributed by atoms with E-state index in [2.05, 4.69) is 128 Å². The van der Waals surface area contributed by atoms with Crippen molar-refractivity contribution in [3.05, 3.63) is 130 Å². The van der Waals surface area contributed by atoms with Crippen LogP contribution in [0, 0.1) is 5.92 Å². The standard InChI is InChI=1S/C35H36O2S3/c1-3-31-24(2)32(36-22-25-11-6-4-7-12-25)33(37-23-26-13-8-5-9-14-26)34(40-31)28-16-10-15-27(19-28)20-30-21-29-17-18-38-35(29)39-30/h4-19,21,24,31-34H,3,20,22-23H2,1-2H3/t24-,31-,32+,33-,34+/m1/s1. The zero-order valence-electron chi connectivity index (χ0n) is 23.1. The lowest BCUT2D eigenvalue weighted by atomic mass is 9.89. The van der Waals surface area contributed by atoms with E-state index in [1.54, 1.807) is 0 Å². The molecule has 6 rings (SSSR count). The maximum absolute atomic E-state index is 6.85. The van der Waals surface area contributed by atoms with Crippen LogP contribution in [0.5, 0.6) is 0 Å². The minimum absolute atomic E-state index is 0.00728. The van der Waals surface area contributed by atoms with Crippen LogP contribution in [-0.2, 0) is 29.1 Å². The zero-order chi connectivity index (χ0) is 27.3. The molecule has 5 aromatic rings. The van der Waals surface area contributed by atoms with Crippen molar-refractivity contribution < 1.29 is 9.47 Å². The van der Waals surface area contributed by atoms with E-state index in [0.29, 0.717) is 24.4 Å². The Kier molecular flexibility index (Phi) is 9.05. The molecule has 1 aliphatic heterocycles. The molecule has 1 aliphatic rings. The van der Waals surface area contributed by atoms with E-state index >= 15 is 0 Å². The summed E-state index contributed by atoms with van der Waals surface area (Å²) in [5, 5.41) is 4.27. The summed E-state index contributed by atoms with van der Waals surface area (Å²) in [7, 11) is 0. The highest BCUT2D eigenvalue weighted by Gasteiger charge is 2.45. The Morgan fingerprint density at radius 3 is 2.08 bits per heavy atom. The van der Waals surface area contributed by atoms with Crippen molar-refractivity contribution in [2.45, 2.75) is 62.6 Å². The minimum Gasteiger partial charge on any atom is -0.370 e. The SMILES string of the molecule is CC[C@H]1S[C@@H](c2cccc(Cc3cc4ccsc4s3)c2)[C@H](OCc2ccccc2)[C@@H](OCc2ccccc2)[C@@H]1C. The zero-order valence-corrected chi connectivity index (χ0v) is 25.5. The van der Waals surface area contributed by atoms with Crippen LogP contribution in [0.25, 0.3) is 9.40 Å². The highest BCUT2D eigenvalue weighted by molar-refractivity contribution is 8.00. The first-order valence-corrected chi connectivity index (χ1v) is 16.8. The quantitative estimate of drug-likeness (QED) is 0.163. The summed E-state index contributed by atoms with van der Waals surface area (Å²) in [6.07, 6.45) is 2.04. The second-order valence-corrected chi connectivity index (χ2v) is 14.4. The van der Waals surface area contributed by atoms with Gasteiger partial charge in [-0.05, 0) is 52.1 Å². The van der Waals surface area contributed by atoms with E-state index in [1.807, 2.05) is 22.7 Å². The van der Waals surface area contributed by atoms with Crippen LogP contribution in [0.2, 0.25) is 0 Å². The molecule has 206 valence electrons. The van der Waals surface area contributed by atoms with Crippen molar-refractivity contribution in [2.75, 3.05) is 0 Å². The highest BCUT2D eigenvalue weighted by atomic mass is 32.2. The van der Waals surface area contributed by atoms with E-state index in [1.165, 1.54) is 36.5 Å². The summed E-state index contributed by atoms with van der Waals surface area (Å²) in [4.78, 5) is 1.43. The van der Waals surface area contributed by atoms with Gasteiger partial charge in [0.15, 0.2) is 0 Å². The summed E-state index contributed by atoms with van der Waals surface area (Å²) >= 11 is 5.84. The average molecular weight is 585 g/mol. The van der Waals surface area contributed by atoms with Crippen LogP contribution in [-0.4, -0.2) is 17.5 Å². The number of rotatable bonds is 10. The molecule has 0 unspecified atom stereocenters. The van der Waals surface area contributed by atoms with Crippen LogP contribution in [0.3, 0.4) is 0 Å². The molecule has 0 saturated carbocycles. The van der Waals surface area contributed by atoms with Crippen molar-refractivity contribution in [2.24, 2.45) is 5.92 Å². The molecule has 0 amide bonds. The van der Waals surface area contributed by atoms with E-state index < -0.39 is 0 Å². The third kappa shape index (κ3) is 6.40. The predicted molar refractivity (Wildman–Crippen MR) is 173 cm³/mol. The number of thiophene rings is 2. The number of thioether (sulfide) groups is 1. The largest absolute Gasteiger partial charge is 0.370 e. The first-order chi connectivity index (χ1) is 19.7. The van der Waals surface area contributed by atoms with Gasteiger partial charge in [0.25, 0.3) is 0 Å². The van der Waals surface area contributed by atoms with Crippen LogP contribution >= 0.6 is 34.4 Å². The molecule has 0 bridgehead atoms. The molecular formula is C35H36O2S3. The maximum atomic E-state index is 6.85. The lowest BCUT2D eigenvalue weighted by molar-refractivity contribution is -0.112. The summed E-state index contributed by atoms with van der Waals surface area (Å²) in [6.45, 7) is 5.85. The fraction of sp³-hybridized carbons (Fsp3) is 0.314. The van der Waals surface area contributed by atoms with Crippen LogP contribution in [0.15, 0.2) is 102 Å². The van der Waals surface area contributed by atoms with Gasteiger partial charge in [-0.15, -0.1) is 34.4 Å². The number of hydrogen-bond acceptors (Lipinski definition) is 5. The fourth-order valence-electron chi connectivity index (χ4n) is 5.76. The van der Waals surface area contributed by atoms with Gasteiger partial charge in [0.05, 0.1) is 28.6 Å². The molecule has 3 aromatic carbocycles. The molecule has 5 heteroatoms. The van der Waals surface area contributed by atoms with Gasteiger partial charge in [-0.1, -0.05) is 98.8 Å². The summed E-state index contributed by atoms with van der Waals surface area (Å²) in [5.41, 5.74) is 5.11. The lowest BCUT2D eigenvalue weighted by Gasteiger charge is -2.45. The Morgan fingerprint density at radius 1 is 0.725 bits per heavy atom. The first-order valence-electron chi connectivity index (χ1n) is 14.2. The van der Waals surface area contributed by atoms with Gasteiger partial charge in [-0.2, -0.15) is 0 Å². The number of benzene rings is 3. The number of ether oxygens (including phenoxy) is 2. The number of fused-ring (bicyclic) bond motifs is 1. The van der Waals surface area contributed by atoms with Gasteiger partial charge in [-0.25, -0.2) is 0 Å². The Bertz CT molecular complexity index is 1460. The van der Waals surface area contributed by atoms with Crippen molar-refractivity contribution in [1.82, 2.24) is 0 Å². The molecule has 1 saturated heterocycles. The number of hydrogen-bond donors (Lipinski definition) is 0. The molecule has 3 heterocycles. The third-order valence-electron chi connectivity index (χ3n) is 7.88. The summed E-state index contributed by atoms with van der Waals surface area (Å²) in [5.74, 6) is 0.387. The smallest absolute Gasteiger partial charge is 0.100 e. The van der Waals surface area contributed by atoms with Crippen molar-refractivity contribution in [3.8, 4) is 0 Å². The molecule has 2 nitrogen and oxygen atoms in total. The molecule has 40 heavy (non-hydrogen) atoms. The lowest BCUT2D eigenvalue weighted by Crippen LogP contribution is -2.48. The molecule has 0 aliphatic carbocycles. The monoisotopic (exact) mass is 584 g/mol. The molecule has 2 aromatic heterocycles.